The van der Waals surface area contributed by atoms with E-state index in [2.05, 4.69) is 10.2 Å². The fourth-order valence-corrected chi connectivity index (χ4v) is 0.520. The van der Waals surface area contributed by atoms with E-state index in [0.29, 0.717) is 5.82 Å². The van der Waals surface area contributed by atoms with Crippen LogP contribution in [0.25, 0.3) is 6.08 Å². The minimum atomic E-state index is 0.664. The fourth-order valence-electron chi connectivity index (χ4n) is 0.520. The van der Waals surface area contributed by atoms with Crippen molar-refractivity contribution in [2.75, 3.05) is 5.84 Å². The molecule has 9 heavy (non-hydrogen) atoms. The number of hydrogen-bond donors (Lipinski definition) is 1. The van der Waals surface area contributed by atoms with Gasteiger partial charge in [-0.1, -0.05) is 6.08 Å². The third-order valence-corrected chi connectivity index (χ3v) is 0.917. The van der Waals surface area contributed by atoms with Crippen LogP contribution in [0.15, 0.2) is 12.4 Å². The van der Waals surface area contributed by atoms with Gasteiger partial charge in [0.1, 0.15) is 6.33 Å². The lowest BCUT2D eigenvalue weighted by Crippen LogP contribution is -2.08. The van der Waals surface area contributed by atoms with Gasteiger partial charge in [-0.3, -0.25) is 0 Å². The number of aromatic nitrogens is 3. The van der Waals surface area contributed by atoms with Crippen molar-refractivity contribution in [3.8, 4) is 0 Å². The van der Waals surface area contributed by atoms with Gasteiger partial charge in [0.2, 0.25) is 0 Å². The topological polar surface area (TPSA) is 56.7 Å². The summed E-state index contributed by atoms with van der Waals surface area (Å²) in [5.74, 6) is 6.03. The average molecular weight is 124 g/mol. The molecule has 0 aliphatic heterocycles. The Hall–Kier alpha value is -1.32. The van der Waals surface area contributed by atoms with Crippen LogP contribution in [-0.2, 0) is 0 Å². The summed E-state index contributed by atoms with van der Waals surface area (Å²) in [6, 6.07) is 0. The Kier molecular flexibility index (Phi) is 1.48. The molecule has 0 fully saturated rings. The number of rotatable bonds is 1. The van der Waals surface area contributed by atoms with Crippen LogP contribution in [0.5, 0.6) is 0 Å². The van der Waals surface area contributed by atoms with Gasteiger partial charge in [-0.15, -0.1) is 10.2 Å². The Bertz CT molecular complexity index is 212. The Morgan fingerprint density at radius 2 is 2.56 bits per heavy atom. The standard InChI is InChI=1S/C5H8N4/c1-2-3-5-8-7-4-9(5)6/h2-4H,6H2,1H3/b3-2-. The quantitative estimate of drug-likeness (QED) is 0.537. The smallest absolute Gasteiger partial charge is 0.174 e. The Balaban J connectivity index is 2.94. The molecule has 0 amide bonds. The van der Waals surface area contributed by atoms with E-state index >= 15 is 0 Å². The molecule has 0 radical (unpaired) electrons. The molecule has 0 aromatic carbocycles. The molecule has 0 saturated heterocycles. The summed E-state index contributed by atoms with van der Waals surface area (Å²) < 4.78 is 1.36. The first kappa shape index (κ1) is 5.81. The van der Waals surface area contributed by atoms with E-state index in [4.69, 9.17) is 5.84 Å². The summed E-state index contributed by atoms with van der Waals surface area (Å²) in [5, 5.41) is 7.28. The Morgan fingerprint density at radius 3 is 3.00 bits per heavy atom. The molecule has 4 heteroatoms. The second-order valence-electron chi connectivity index (χ2n) is 1.60. The van der Waals surface area contributed by atoms with Crippen molar-refractivity contribution in [1.82, 2.24) is 14.9 Å². The van der Waals surface area contributed by atoms with Gasteiger partial charge < -0.3 is 5.84 Å². The molecule has 2 N–H and O–H groups in total. The van der Waals surface area contributed by atoms with Crippen LogP contribution in [0.1, 0.15) is 12.7 Å². The summed E-state index contributed by atoms with van der Waals surface area (Å²) in [5.41, 5.74) is 0. The SMILES string of the molecule is C/C=C\c1nncn1N. The zero-order valence-corrected chi connectivity index (χ0v) is 5.15. The molecule has 4 nitrogen and oxygen atoms in total. The number of nitrogen functional groups attached to an aromatic ring is 1. The largest absolute Gasteiger partial charge is 0.336 e. The van der Waals surface area contributed by atoms with E-state index in [-0.39, 0.29) is 0 Å². The molecule has 0 unspecified atom stereocenters. The van der Waals surface area contributed by atoms with E-state index in [1.165, 1.54) is 11.0 Å². The summed E-state index contributed by atoms with van der Waals surface area (Å²) in [6.45, 7) is 1.90. The van der Waals surface area contributed by atoms with Gasteiger partial charge in [-0.05, 0) is 13.0 Å². The van der Waals surface area contributed by atoms with Crippen molar-refractivity contribution in [3.05, 3.63) is 18.2 Å². The summed E-state index contributed by atoms with van der Waals surface area (Å²) >= 11 is 0. The minimum absolute atomic E-state index is 0.664. The Labute approximate surface area is 53.0 Å². The van der Waals surface area contributed by atoms with E-state index in [1.54, 1.807) is 6.08 Å². The summed E-state index contributed by atoms with van der Waals surface area (Å²) in [4.78, 5) is 0. The lowest BCUT2D eigenvalue weighted by Gasteiger charge is -1.88. The van der Waals surface area contributed by atoms with E-state index in [1.807, 2.05) is 13.0 Å². The van der Waals surface area contributed by atoms with Crippen molar-refractivity contribution in [1.29, 1.82) is 0 Å². The first-order valence-corrected chi connectivity index (χ1v) is 2.62. The highest BCUT2D eigenvalue weighted by molar-refractivity contribution is 5.38. The number of nitrogens with two attached hydrogens (primary N) is 1. The third-order valence-electron chi connectivity index (χ3n) is 0.917. The molecule has 48 valence electrons. The molecule has 1 heterocycles. The van der Waals surface area contributed by atoms with Crippen LogP contribution >= 0.6 is 0 Å². The van der Waals surface area contributed by atoms with Crippen LogP contribution in [0.4, 0.5) is 0 Å². The van der Waals surface area contributed by atoms with Crippen molar-refractivity contribution in [2.24, 2.45) is 0 Å². The highest BCUT2D eigenvalue weighted by Crippen LogP contribution is 1.90. The van der Waals surface area contributed by atoms with Gasteiger partial charge in [0.05, 0.1) is 0 Å². The highest BCUT2D eigenvalue weighted by atomic mass is 15.4. The molecule has 1 rings (SSSR count). The van der Waals surface area contributed by atoms with E-state index in [0.717, 1.165) is 0 Å². The molecule has 0 atom stereocenters. The maximum absolute atomic E-state index is 5.37. The van der Waals surface area contributed by atoms with Crippen LogP contribution in [0.2, 0.25) is 0 Å². The normalized spacial score (nSPS) is 10.8. The lowest BCUT2D eigenvalue weighted by molar-refractivity contribution is 0.979. The lowest BCUT2D eigenvalue weighted by atomic mass is 10.5. The van der Waals surface area contributed by atoms with Crippen molar-refractivity contribution < 1.29 is 0 Å². The predicted molar refractivity (Wildman–Crippen MR) is 34.9 cm³/mol. The van der Waals surface area contributed by atoms with Gasteiger partial charge in [0, 0.05) is 0 Å². The molecular formula is C5H8N4. The maximum Gasteiger partial charge on any atom is 0.174 e. The van der Waals surface area contributed by atoms with Gasteiger partial charge in [0.15, 0.2) is 5.82 Å². The van der Waals surface area contributed by atoms with Crippen molar-refractivity contribution in [3.63, 3.8) is 0 Å². The highest BCUT2D eigenvalue weighted by Gasteiger charge is 1.91. The second kappa shape index (κ2) is 2.30. The van der Waals surface area contributed by atoms with Crippen LogP contribution in [0.3, 0.4) is 0 Å². The maximum atomic E-state index is 5.37. The van der Waals surface area contributed by atoms with Crippen LogP contribution < -0.4 is 5.84 Å². The van der Waals surface area contributed by atoms with Crippen molar-refractivity contribution in [2.45, 2.75) is 6.92 Å². The molecule has 0 aliphatic carbocycles. The van der Waals surface area contributed by atoms with Gasteiger partial charge >= 0.3 is 0 Å². The van der Waals surface area contributed by atoms with E-state index < -0.39 is 0 Å². The first-order valence-electron chi connectivity index (χ1n) is 2.62. The monoisotopic (exact) mass is 124 g/mol. The second-order valence-corrected chi connectivity index (χ2v) is 1.60. The molecule has 0 bridgehead atoms. The zero-order valence-electron chi connectivity index (χ0n) is 5.15. The van der Waals surface area contributed by atoms with Gasteiger partial charge in [-0.2, -0.15) is 0 Å². The number of allylic oxidation sites excluding steroid dienone is 1. The predicted octanol–water partition coefficient (Wildman–Crippen LogP) is 0.0250. The summed E-state index contributed by atoms with van der Waals surface area (Å²) in [7, 11) is 0. The summed E-state index contributed by atoms with van der Waals surface area (Å²) in [6.07, 6.45) is 5.09. The fraction of sp³-hybridized carbons (Fsp3) is 0.200. The van der Waals surface area contributed by atoms with Crippen molar-refractivity contribution >= 4 is 6.08 Å². The number of hydrogen-bond acceptors (Lipinski definition) is 3. The minimum Gasteiger partial charge on any atom is -0.336 e. The zero-order chi connectivity index (χ0) is 6.69. The molecule has 0 spiro atoms. The Morgan fingerprint density at radius 1 is 1.78 bits per heavy atom. The molecule has 1 aromatic rings. The first-order chi connectivity index (χ1) is 4.34. The van der Waals surface area contributed by atoms with Gasteiger partial charge in [0.25, 0.3) is 0 Å². The van der Waals surface area contributed by atoms with Crippen LogP contribution in [0, 0.1) is 0 Å². The van der Waals surface area contributed by atoms with Crippen LogP contribution in [-0.4, -0.2) is 14.9 Å². The van der Waals surface area contributed by atoms with Gasteiger partial charge in [-0.25, -0.2) is 4.68 Å². The third kappa shape index (κ3) is 1.07. The molecular weight excluding hydrogens is 116 g/mol. The molecule has 0 saturated carbocycles. The molecule has 1 aromatic heterocycles. The molecule has 0 aliphatic rings. The average Bonchev–Trinajstić information content (AvgIpc) is 2.18. The van der Waals surface area contributed by atoms with E-state index in [9.17, 15) is 0 Å². The number of nitrogens with zero attached hydrogens (tertiary/aromatic N) is 3.